The predicted octanol–water partition coefficient (Wildman–Crippen LogP) is 2.23. The molecule has 4 nitrogen and oxygen atoms in total. The van der Waals surface area contributed by atoms with Crippen LogP contribution in [0.5, 0.6) is 0 Å². The van der Waals surface area contributed by atoms with Crippen molar-refractivity contribution in [2.24, 2.45) is 0 Å². The Hall–Kier alpha value is -1.94. The van der Waals surface area contributed by atoms with Crippen molar-refractivity contribution in [1.29, 1.82) is 0 Å². The van der Waals surface area contributed by atoms with Crippen LogP contribution in [0.2, 0.25) is 0 Å². The molecule has 0 unspecified atom stereocenters. The molecule has 0 saturated carbocycles. The lowest BCUT2D eigenvalue weighted by Crippen LogP contribution is -2.24. The molecule has 1 aromatic carbocycles. The molecule has 0 bridgehead atoms. The zero-order valence-electron chi connectivity index (χ0n) is 12.1. The van der Waals surface area contributed by atoms with Crippen LogP contribution in [0.1, 0.15) is 40.9 Å². The molecule has 0 saturated heterocycles. The van der Waals surface area contributed by atoms with Gasteiger partial charge in [0.2, 0.25) is 0 Å². The van der Waals surface area contributed by atoms with E-state index in [0.717, 1.165) is 23.7 Å². The quantitative estimate of drug-likeness (QED) is 0.846. The molecule has 3 rings (SSSR count). The lowest BCUT2D eigenvalue weighted by atomic mass is 9.94. The number of nitrogens with one attached hydrogen (secondary N) is 1. The van der Waals surface area contributed by atoms with Crippen LogP contribution in [0.3, 0.4) is 0 Å². The molecule has 1 aliphatic carbocycles. The van der Waals surface area contributed by atoms with Crippen molar-refractivity contribution in [1.82, 2.24) is 10.3 Å². The molecule has 0 atom stereocenters. The molecule has 0 aliphatic heterocycles. The molecule has 1 aromatic heterocycles. The Morgan fingerprint density at radius 1 is 1.24 bits per heavy atom. The summed E-state index contributed by atoms with van der Waals surface area (Å²) in [7, 11) is 0. The Labute approximate surface area is 124 Å². The number of carbonyl (C=O) groups excluding carboxylic acids is 1. The number of aliphatic hydroxyl groups is 1. The van der Waals surface area contributed by atoms with Gasteiger partial charge < -0.3 is 10.4 Å². The highest BCUT2D eigenvalue weighted by Crippen LogP contribution is 2.24. The molecule has 1 heterocycles. The minimum atomic E-state index is -0.0944. The molecule has 0 radical (unpaired) electrons. The predicted molar refractivity (Wildman–Crippen MR) is 82.4 cm³/mol. The van der Waals surface area contributed by atoms with E-state index >= 15 is 0 Å². The van der Waals surface area contributed by atoms with Gasteiger partial charge in [-0.2, -0.15) is 0 Å². The van der Waals surface area contributed by atoms with Crippen LogP contribution in [0, 0.1) is 0 Å². The van der Waals surface area contributed by atoms with Gasteiger partial charge in [0.15, 0.2) is 0 Å². The van der Waals surface area contributed by atoms with E-state index in [4.69, 9.17) is 10.1 Å². The second-order valence-electron chi connectivity index (χ2n) is 5.54. The number of benzene rings is 1. The van der Waals surface area contributed by atoms with Gasteiger partial charge in [0.05, 0.1) is 5.52 Å². The van der Waals surface area contributed by atoms with Crippen molar-refractivity contribution in [3.8, 4) is 0 Å². The Bertz CT molecular complexity index is 667. The molecule has 1 amide bonds. The molecule has 2 N–H and O–H groups in total. The summed E-state index contributed by atoms with van der Waals surface area (Å²) < 4.78 is 0. The highest BCUT2D eigenvalue weighted by molar-refractivity contribution is 5.98. The molecule has 0 spiro atoms. The van der Waals surface area contributed by atoms with Crippen molar-refractivity contribution < 1.29 is 9.90 Å². The summed E-state index contributed by atoms with van der Waals surface area (Å²) in [4.78, 5) is 16.8. The van der Waals surface area contributed by atoms with Gasteiger partial charge in [0.25, 0.3) is 5.91 Å². The molecule has 4 heteroatoms. The third-order valence-electron chi connectivity index (χ3n) is 3.98. The first-order valence-corrected chi connectivity index (χ1v) is 7.59. The maximum atomic E-state index is 12.0. The maximum Gasteiger partial charge on any atom is 0.251 e. The number of aryl methyl sites for hydroxylation is 2. The largest absolute Gasteiger partial charge is 0.396 e. The van der Waals surface area contributed by atoms with E-state index in [9.17, 15) is 4.79 Å². The fraction of sp³-hybridized carbons (Fsp3) is 0.412. The number of carbonyl (C=O) groups is 1. The van der Waals surface area contributed by atoms with Crippen molar-refractivity contribution in [3.05, 3.63) is 41.1 Å². The minimum Gasteiger partial charge on any atom is -0.396 e. The zero-order chi connectivity index (χ0) is 14.7. The van der Waals surface area contributed by atoms with Crippen LogP contribution in [0.15, 0.2) is 24.3 Å². The summed E-state index contributed by atoms with van der Waals surface area (Å²) in [5.41, 5.74) is 4.15. The summed E-state index contributed by atoms with van der Waals surface area (Å²) in [5, 5.41) is 12.6. The highest BCUT2D eigenvalue weighted by atomic mass is 16.3. The van der Waals surface area contributed by atoms with Gasteiger partial charge in [-0.25, -0.2) is 0 Å². The first-order chi connectivity index (χ1) is 10.3. The van der Waals surface area contributed by atoms with E-state index in [0.29, 0.717) is 18.5 Å². The number of nitrogens with zero attached hydrogens (tertiary/aromatic N) is 1. The van der Waals surface area contributed by atoms with E-state index in [2.05, 4.69) is 11.4 Å². The summed E-state index contributed by atoms with van der Waals surface area (Å²) >= 11 is 0. The van der Waals surface area contributed by atoms with Crippen molar-refractivity contribution in [3.63, 3.8) is 0 Å². The molecule has 110 valence electrons. The van der Waals surface area contributed by atoms with E-state index < -0.39 is 0 Å². The van der Waals surface area contributed by atoms with Gasteiger partial charge in [0.1, 0.15) is 0 Å². The monoisotopic (exact) mass is 284 g/mol. The Morgan fingerprint density at radius 2 is 2.10 bits per heavy atom. The normalized spacial score (nSPS) is 14.0. The summed E-state index contributed by atoms with van der Waals surface area (Å²) in [6.45, 7) is 0.587. The third-order valence-corrected chi connectivity index (χ3v) is 3.98. The Morgan fingerprint density at radius 3 is 2.95 bits per heavy atom. The molecule has 0 fully saturated rings. The third kappa shape index (κ3) is 3.05. The van der Waals surface area contributed by atoms with E-state index in [1.54, 1.807) is 0 Å². The fourth-order valence-electron chi connectivity index (χ4n) is 2.83. The SMILES string of the molecule is O=C(NCCCO)c1ccc2nc3c(cc2c1)CCCC3. The van der Waals surface area contributed by atoms with Gasteiger partial charge in [-0.1, -0.05) is 0 Å². The van der Waals surface area contributed by atoms with Crippen LogP contribution < -0.4 is 5.32 Å². The van der Waals surface area contributed by atoms with Crippen LogP contribution >= 0.6 is 0 Å². The number of hydrogen-bond acceptors (Lipinski definition) is 3. The number of amides is 1. The summed E-state index contributed by atoms with van der Waals surface area (Å²) in [6, 6.07) is 7.83. The molecular weight excluding hydrogens is 264 g/mol. The zero-order valence-corrected chi connectivity index (χ0v) is 12.1. The number of pyridine rings is 1. The molecule has 21 heavy (non-hydrogen) atoms. The van der Waals surface area contributed by atoms with Gasteiger partial charge >= 0.3 is 0 Å². The lowest BCUT2D eigenvalue weighted by Gasteiger charge is -2.15. The van der Waals surface area contributed by atoms with Gasteiger partial charge in [0, 0.05) is 29.8 Å². The van der Waals surface area contributed by atoms with Crippen molar-refractivity contribution in [2.75, 3.05) is 13.2 Å². The highest BCUT2D eigenvalue weighted by Gasteiger charge is 2.13. The smallest absolute Gasteiger partial charge is 0.251 e. The van der Waals surface area contributed by atoms with E-state index in [1.165, 1.54) is 24.1 Å². The Kier molecular flexibility index (Phi) is 4.15. The molecule has 2 aromatic rings. The molecular formula is C17H20N2O2. The van der Waals surface area contributed by atoms with Crippen LogP contribution in [0.4, 0.5) is 0 Å². The minimum absolute atomic E-state index is 0.0913. The van der Waals surface area contributed by atoms with Crippen LogP contribution in [-0.2, 0) is 12.8 Å². The number of rotatable bonds is 4. The number of aliphatic hydroxyl groups excluding tert-OH is 1. The summed E-state index contributed by atoms with van der Waals surface area (Å²) in [6.07, 6.45) is 5.17. The van der Waals surface area contributed by atoms with Gasteiger partial charge in [-0.05, 0) is 61.9 Å². The summed E-state index contributed by atoms with van der Waals surface area (Å²) in [5.74, 6) is -0.0944. The Balaban J connectivity index is 1.87. The second-order valence-corrected chi connectivity index (χ2v) is 5.54. The second kappa shape index (κ2) is 6.22. The first-order valence-electron chi connectivity index (χ1n) is 7.59. The van der Waals surface area contributed by atoms with E-state index in [1.807, 2.05) is 18.2 Å². The van der Waals surface area contributed by atoms with Crippen molar-refractivity contribution in [2.45, 2.75) is 32.1 Å². The van der Waals surface area contributed by atoms with Crippen LogP contribution in [0.25, 0.3) is 10.9 Å². The van der Waals surface area contributed by atoms with Crippen molar-refractivity contribution >= 4 is 16.8 Å². The number of hydrogen-bond donors (Lipinski definition) is 2. The number of aromatic nitrogens is 1. The standard InChI is InChI=1S/C17H20N2O2/c20-9-3-8-18-17(21)13-6-7-16-14(11-13)10-12-4-1-2-5-15(12)19-16/h6-7,10-11,20H,1-5,8-9H2,(H,18,21). The average Bonchev–Trinajstić information content (AvgIpc) is 2.52. The average molecular weight is 284 g/mol. The first kappa shape index (κ1) is 14.0. The van der Waals surface area contributed by atoms with Crippen LogP contribution in [-0.4, -0.2) is 29.1 Å². The van der Waals surface area contributed by atoms with E-state index in [-0.39, 0.29) is 12.5 Å². The maximum absolute atomic E-state index is 12.0. The fourth-order valence-corrected chi connectivity index (χ4v) is 2.83. The van der Waals surface area contributed by atoms with Gasteiger partial charge in [-0.3, -0.25) is 9.78 Å². The number of fused-ring (bicyclic) bond motifs is 2. The lowest BCUT2D eigenvalue weighted by molar-refractivity contribution is 0.0951. The molecule has 1 aliphatic rings. The van der Waals surface area contributed by atoms with Gasteiger partial charge in [-0.15, -0.1) is 0 Å². The topological polar surface area (TPSA) is 62.2 Å².